The smallest absolute Gasteiger partial charge is 0.157 e. The van der Waals surface area contributed by atoms with Crippen LogP contribution in [0.3, 0.4) is 0 Å². The summed E-state index contributed by atoms with van der Waals surface area (Å²) in [5, 5.41) is 8.64. The summed E-state index contributed by atoms with van der Waals surface area (Å²) < 4.78 is 3.62. The van der Waals surface area contributed by atoms with Crippen LogP contribution in [0, 0.1) is 6.92 Å². The van der Waals surface area contributed by atoms with Crippen LogP contribution < -0.4 is 0 Å². The maximum atomic E-state index is 4.46. The van der Waals surface area contributed by atoms with Crippen molar-refractivity contribution >= 4 is 0 Å². The van der Waals surface area contributed by atoms with E-state index in [9.17, 15) is 0 Å². The summed E-state index contributed by atoms with van der Waals surface area (Å²) in [5.41, 5.74) is 2.29. The Kier molecular flexibility index (Phi) is 2.33. The van der Waals surface area contributed by atoms with Crippen molar-refractivity contribution in [2.24, 2.45) is 7.05 Å². The van der Waals surface area contributed by atoms with Crippen LogP contribution in [0.4, 0.5) is 0 Å². The van der Waals surface area contributed by atoms with Gasteiger partial charge in [0.15, 0.2) is 5.82 Å². The van der Waals surface area contributed by atoms with Gasteiger partial charge in [-0.3, -0.25) is 4.68 Å². The van der Waals surface area contributed by atoms with Gasteiger partial charge >= 0.3 is 0 Å². The highest BCUT2D eigenvalue weighted by Gasteiger charge is 2.26. The fourth-order valence-electron chi connectivity index (χ4n) is 2.10. The van der Waals surface area contributed by atoms with Gasteiger partial charge in [-0.15, -0.1) is 0 Å². The molecule has 2 aromatic heterocycles. The van der Waals surface area contributed by atoms with Crippen molar-refractivity contribution in [2.45, 2.75) is 33.1 Å². The van der Waals surface area contributed by atoms with E-state index >= 15 is 0 Å². The fourth-order valence-corrected chi connectivity index (χ4v) is 2.10. The van der Waals surface area contributed by atoms with Gasteiger partial charge in [0.05, 0.1) is 5.69 Å². The lowest BCUT2D eigenvalue weighted by Gasteiger charge is -2.20. The van der Waals surface area contributed by atoms with Crippen LogP contribution in [-0.4, -0.2) is 24.5 Å². The minimum Gasteiger partial charge on any atom is -0.250 e. The second-order valence-corrected chi connectivity index (χ2v) is 5.00. The van der Waals surface area contributed by atoms with Crippen molar-refractivity contribution in [3.8, 4) is 5.82 Å². The Balaban J connectivity index is 2.70. The van der Waals surface area contributed by atoms with Crippen molar-refractivity contribution in [3.05, 3.63) is 23.9 Å². The van der Waals surface area contributed by atoms with Crippen LogP contribution in [0.5, 0.6) is 0 Å². The predicted octanol–water partition coefficient (Wildman–Crippen LogP) is 1.61. The number of aromatic nitrogens is 5. The van der Waals surface area contributed by atoms with Crippen molar-refractivity contribution in [1.29, 1.82) is 0 Å². The minimum atomic E-state index is 0.0413. The first-order valence-corrected chi connectivity index (χ1v) is 5.30. The number of aryl methyl sites for hydroxylation is 2. The zero-order valence-corrected chi connectivity index (χ0v) is 10.4. The maximum Gasteiger partial charge on any atom is 0.157 e. The highest BCUT2D eigenvalue weighted by Crippen LogP contribution is 2.30. The van der Waals surface area contributed by atoms with Crippen molar-refractivity contribution < 1.29 is 0 Å². The topological polar surface area (TPSA) is 48.5 Å². The Morgan fingerprint density at radius 2 is 1.94 bits per heavy atom. The number of hydrogen-bond donors (Lipinski definition) is 0. The molecule has 0 saturated carbocycles. The monoisotopic (exact) mass is 219 g/mol. The molecule has 0 aromatic carbocycles. The average Bonchev–Trinajstić information content (AvgIpc) is 2.70. The molecule has 0 atom stereocenters. The minimum absolute atomic E-state index is 0.0413. The molecule has 0 aliphatic rings. The maximum absolute atomic E-state index is 4.46. The molecule has 0 amide bonds. The quantitative estimate of drug-likeness (QED) is 0.732. The van der Waals surface area contributed by atoms with Crippen LogP contribution in [-0.2, 0) is 12.5 Å². The zero-order valence-electron chi connectivity index (χ0n) is 10.4. The SMILES string of the molecule is Cc1nn(C)c(-n2cncn2)c1C(C)(C)C. The van der Waals surface area contributed by atoms with E-state index in [-0.39, 0.29) is 5.41 Å². The molecule has 86 valence electrons. The van der Waals surface area contributed by atoms with Gasteiger partial charge in [-0.2, -0.15) is 10.2 Å². The molecule has 5 heteroatoms. The summed E-state index contributed by atoms with van der Waals surface area (Å²) in [6.45, 7) is 8.56. The molecule has 2 aromatic rings. The van der Waals surface area contributed by atoms with Crippen LogP contribution in [0.1, 0.15) is 32.0 Å². The highest BCUT2D eigenvalue weighted by atomic mass is 15.4. The molecule has 0 radical (unpaired) electrons. The first kappa shape index (κ1) is 10.9. The van der Waals surface area contributed by atoms with Gasteiger partial charge in [0.25, 0.3) is 0 Å². The van der Waals surface area contributed by atoms with E-state index in [1.165, 1.54) is 11.9 Å². The Labute approximate surface area is 95.1 Å². The third kappa shape index (κ3) is 1.62. The summed E-state index contributed by atoms with van der Waals surface area (Å²) in [4.78, 5) is 3.98. The summed E-state index contributed by atoms with van der Waals surface area (Å²) in [5.74, 6) is 0.988. The summed E-state index contributed by atoms with van der Waals surface area (Å²) >= 11 is 0. The number of nitrogens with zero attached hydrogens (tertiary/aromatic N) is 5. The molecule has 0 saturated heterocycles. The van der Waals surface area contributed by atoms with E-state index in [0.717, 1.165) is 11.5 Å². The van der Waals surface area contributed by atoms with Crippen LogP contribution >= 0.6 is 0 Å². The molecule has 0 fully saturated rings. The molecule has 0 unspecified atom stereocenters. The summed E-state index contributed by atoms with van der Waals surface area (Å²) in [6, 6.07) is 0. The molecule has 5 nitrogen and oxygen atoms in total. The lowest BCUT2D eigenvalue weighted by Crippen LogP contribution is -2.16. The van der Waals surface area contributed by atoms with Gasteiger partial charge in [0.1, 0.15) is 12.7 Å². The Hall–Kier alpha value is -1.65. The predicted molar refractivity (Wildman–Crippen MR) is 61.6 cm³/mol. The van der Waals surface area contributed by atoms with E-state index < -0.39 is 0 Å². The van der Waals surface area contributed by atoms with Crippen molar-refractivity contribution in [2.75, 3.05) is 0 Å². The van der Waals surface area contributed by atoms with Crippen LogP contribution in [0.15, 0.2) is 12.7 Å². The second kappa shape index (κ2) is 3.43. The molecular weight excluding hydrogens is 202 g/mol. The Morgan fingerprint density at radius 1 is 1.25 bits per heavy atom. The van der Waals surface area contributed by atoms with Crippen LogP contribution in [0.25, 0.3) is 5.82 Å². The molecule has 0 aliphatic heterocycles. The van der Waals surface area contributed by atoms with E-state index in [1.54, 1.807) is 11.0 Å². The van der Waals surface area contributed by atoms with Gasteiger partial charge in [-0.05, 0) is 12.3 Å². The second-order valence-electron chi connectivity index (χ2n) is 5.00. The van der Waals surface area contributed by atoms with Gasteiger partial charge in [-0.1, -0.05) is 20.8 Å². The normalized spacial score (nSPS) is 12.1. The lowest BCUT2D eigenvalue weighted by molar-refractivity contribution is 0.576. The van der Waals surface area contributed by atoms with E-state index in [0.29, 0.717) is 0 Å². The number of hydrogen-bond acceptors (Lipinski definition) is 3. The molecule has 0 spiro atoms. The highest BCUT2D eigenvalue weighted by molar-refractivity contribution is 5.42. The Morgan fingerprint density at radius 3 is 2.44 bits per heavy atom. The van der Waals surface area contributed by atoms with Gasteiger partial charge in [0, 0.05) is 12.6 Å². The van der Waals surface area contributed by atoms with E-state index in [2.05, 4.69) is 36.0 Å². The van der Waals surface area contributed by atoms with Gasteiger partial charge in [-0.25, -0.2) is 9.67 Å². The zero-order chi connectivity index (χ0) is 11.9. The molecule has 16 heavy (non-hydrogen) atoms. The van der Waals surface area contributed by atoms with E-state index in [1.807, 2.05) is 18.7 Å². The van der Waals surface area contributed by atoms with Crippen molar-refractivity contribution in [1.82, 2.24) is 24.5 Å². The van der Waals surface area contributed by atoms with Gasteiger partial charge in [0.2, 0.25) is 0 Å². The standard InChI is InChI=1S/C11H17N5/c1-8-9(11(2,3)4)10(15(5)14-8)16-7-12-6-13-16/h6-7H,1-5H3. The fraction of sp³-hybridized carbons (Fsp3) is 0.545. The summed E-state index contributed by atoms with van der Waals surface area (Å²) in [7, 11) is 1.93. The largest absolute Gasteiger partial charge is 0.250 e. The molecule has 0 aliphatic carbocycles. The van der Waals surface area contributed by atoms with Crippen LogP contribution in [0.2, 0.25) is 0 Å². The van der Waals surface area contributed by atoms with E-state index in [4.69, 9.17) is 0 Å². The first-order valence-electron chi connectivity index (χ1n) is 5.30. The molecule has 2 heterocycles. The van der Waals surface area contributed by atoms with Gasteiger partial charge < -0.3 is 0 Å². The molecule has 0 N–H and O–H groups in total. The third-order valence-corrected chi connectivity index (χ3v) is 2.58. The summed E-state index contributed by atoms with van der Waals surface area (Å²) in [6.07, 6.45) is 3.24. The molecular formula is C11H17N5. The molecule has 0 bridgehead atoms. The lowest BCUT2D eigenvalue weighted by atomic mass is 9.86. The third-order valence-electron chi connectivity index (χ3n) is 2.58. The first-order chi connectivity index (χ1) is 7.41. The van der Waals surface area contributed by atoms with Crippen molar-refractivity contribution in [3.63, 3.8) is 0 Å². The molecule has 2 rings (SSSR count). The Bertz CT molecular complexity index is 487. The number of rotatable bonds is 1. The average molecular weight is 219 g/mol.